The van der Waals surface area contributed by atoms with Gasteiger partial charge in [0.2, 0.25) is 15.9 Å². The standard InChI is InChI=1S/C20H24N4O4S/c1-13(2)12-29(27,28)24-8-6-15-11-16(4-5-18(15)24)19(25)22-17-10-14(3)23(9-7-21)20(17)26/h4-6,8,11,13-14,17H,9-10,12H2,1-3H3,(H,22,25). The van der Waals surface area contributed by atoms with Crippen LogP contribution in [0.5, 0.6) is 0 Å². The number of likely N-dealkylation sites (tertiary alicyclic amines) is 1. The van der Waals surface area contributed by atoms with Crippen molar-refractivity contribution in [2.24, 2.45) is 5.92 Å². The zero-order valence-electron chi connectivity index (χ0n) is 16.6. The summed E-state index contributed by atoms with van der Waals surface area (Å²) in [5.41, 5.74) is 0.851. The molecule has 1 aliphatic rings. The molecule has 0 bridgehead atoms. The number of hydrogen-bond donors (Lipinski definition) is 1. The van der Waals surface area contributed by atoms with E-state index in [9.17, 15) is 18.0 Å². The highest BCUT2D eigenvalue weighted by molar-refractivity contribution is 7.90. The number of aromatic nitrogens is 1. The maximum atomic E-state index is 12.6. The lowest BCUT2D eigenvalue weighted by Crippen LogP contribution is -2.41. The molecule has 2 atom stereocenters. The lowest BCUT2D eigenvalue weighted by atomic mass is 10.1. The van der Waals surface area contributed by atoms with Gasteiger partial charge < -0.3 is 10.2 Å². The molecule has 2 heterocycles. The summed E-state index contributed by atoms with van der Waals surface area (Å²) in [6.07, 6.45) is 1.93. The third-order valence-electron chi connectivity index (χ3n) is 5.00. The molecular weight excluding hydrogens is 392 g/mol. The summed E-state index contributed by atoms with van der Waals surface area (Å²) < 4.78 is 26.3. The summed E-state index contributed by atoms with van der Waals surface area (Å²) in [5.74, 6) is -0.650. The lowest BCUT2D eigenvalue weighted by Gasteiger charge is -2.17. The first-order valence-electron chi connectivity index (χ1n) is 9.46. The summed E-state index contributed by atoms with van der Waals surface area (Å²) in [5, 5.41) is 12.2. The van der Waals surface area contributed by atoms with Gasteiger partial charge in [-0.05, 0) is 43.5 Å². The molecule has 1 aromatic heterocycles. The van der Waals surface area contributed by atoms with Gasteiger partial charge in [0.15, 0.2) is 0 Å². The van der Waals surface area contributed by atoms with Crippen molar-refractivity contribution in [3.8, 4) is 6.07 Å². The molecule has 2 unspecified atom stereocenters. The van der Waals surface area contributed by atoms with E-state index in [1.54, 1.807) is 24.3 Å². The zero-order chi connectivity index (χ0) is 21.3. The molecule has 154 valence electrons. The quantitative estimate of drug-likeness (QED) is 0.721. The maximum absolute atomic E-state index is 12.6. The molecule has 8 nitrogen and oxygen atoms in total. The number of rotatable bonds is 6. The summed E-state index contributed by atoms with van der Waals surface area (Å²) in [4.78, 5) is 26.5. The van der Waals surface area contributed by atoms with E-state index in [4.69, 9.17) is 5.26 Å². The van der Waals surface area contributed by atoms with E-state index in [0.717, 1.165) is 0 Å². The zero-order valence-corrected chi connectivity index (χ0v) is 17.4. The third-order valence-corrected chi connectivity index (χ3v) is 7.00. The van der Waals surface area contributed by atoms with Gasteiger partial charge in [0.1, 0.15) is 12.6 Å². The number of hydrogen-bond acceptors (Lipinski definition) is 5. The van der Waals surface area contributed by atoms with E-state index in [1.807, 2.05) is 26.8 Å². The first-order chi connectivity index (χ1) is 13.6. The fourth-order valence-electron chi connectivity index (χ4n) is 3.66. The van der Waals surface area contributed by atoms with E-state index < -0.39 is 22.0 Å². The topological polar surface area (TPSA) is 112 Å². The molecule has 9 heteroatoms. The number of nitrogens with one attached hydrogen (secondary N) is 1. The number of amides is 2. The predicted molar refractivity (Wildman–Crippen MR) is 109 cm³/mol. The minimum Gasteiger partial charge on any atom is -0.340 e. The van der Waals surface area contributed by atoms with Crippen LogP contribution in [0.1, 0.15) is 37.6 Å². The molecule has 2 aromatic rings. The summed E-state index contributed by atoms with van der Waals surface area (Å²) in [6.45, 7) is 5.52. The Bertz CT molecular complexity index is 1100. The van der Waals surface area contributed by atoms with Crippen molar-refractivity contribution < 1.29 is 18.0 Å². The van der Waals surface area contributed by atoms with Gasteiger partial charge in [-0.2, -0.15) is 5.26 Å². The molecule has 0 aliphatic carbocycles. The molecule has 0 spiro atoms. The number of nitriles is 1. The first kappa shape index (κ1) is 20.9. The average Bonchev–Trinajstić information content (AvgIpc) is 3.17. The average molecular weight is 417 g/mol. The minimum atomic E-state index is -3.48. The van der Waals surface area contributed by atoms with Crippen LogP contribution in [0.2, 0.25) is 0 Å². The van der Waals surface area contributed by atoms with Gasteiger partial charge >= 0.3 is 0 Å². The van der Waals surface area contributed by atoms with Gasteiger partial charge in [0.05, 0.1) is 17.3 Å². The van der Waals surface area contributed by atoms with E-state index in [0.29, 0.717) is 22.9 Å². The normalized spacial score (nSPS) is 19.7. The van der Waals surface area contributed by atoms with Gasteiger partial charge in [-0.25, -0.2) is 12.4 Å². The van der Waals surface area contributed by atoms with Crippen molar-refractivity contribution in [2.75, 3.05) is 12.3 Å². The van der Waals surface area contributed by atoms with Crippen molar-refractivity contribution in [1.82, 2.24) is 14.2 Å². The smallest absolute Gasteiger partial charge is 0.251 e. The second kappa shape index (κ2) is 7.87. The number of nitrogens with zero attached hydrogens (tertiary/aromatic N) is 3. The van der Waals surface area contributed by atoms with E-state index in [-0.39, 0.29) is 30.2 Å². The molecule has 2 amide bonds. The van der Waals surface area contributed by atoms with Crippen molar-refractivity contribution in [3.63, 3.8) is 0 Å². The molecule has 1 aliphatic heterocycles. The highest BCUT2D eigenvalue weighted by Gasteiger charge is 2.37. The second-order valence-corrected chi connectivity index (χ2v) is 9.68. The van der Waals surface area contributed by atoms with Crippen molar-refractivity contribution in [2.45, 2.75) is 39.3 Å². The van der Waals surface area contributed by atoms with Gasteiger partial charge in [0.25, 0.3) is 5.91 Å². The Balaban J connectivity index is 1.80. The summed E-state index contributed by atoms with van der Waals surface area (Å²) >= 11 is 0. The Morgan fingerprint density at radius 2 is 2.07 bits per heavy atom. The van der Waals surface area contributed by atoms with Crippen molar-refractivity contribution in [3.05, 3.63) is 36.0 Å². The number of fused-ring (bicyclic) bond motifs is 1. The van der Waals surface area contributed by atoms with Gasteiger partial charge in [-0.1, -0.05) is 13.8 Å². The van der Waals surface area contributed by atoms with Crippen LogP contribution in [0.3, 0.4) is 0 Å². The number of benzene rings is 1. The van der Waals surface area contributed by atoms with Crippen LogP contribution in [0.25, 0.3) is 10.9 Å². The van der Waals surface area contributed by atoms with Gasteiger partial charge in [-0.15, -0.1) is 0 Å². The number of carbonyl (C=O) groups excluding carboxylic acids is 2. The van der Waals surface area contributed by atoms with Crippen LogP contribution in [0.15, 0.2) is 30.5 Å². The van der Waals surface area contributed by atoms with E-state index >= 15 is 0 Å². The largest absolute Gasteiger partial charge is 0.340 e. The maximum Gasteiger partial charge on any atom is 0.251 e. The molecule has 1 saturated heterocycles. The Labute approximate surface area is 170 Å². The Kier molecular flexibility index (Phi) is 5.66. The third kappa shape index (κ3) is 4.12. The Morgan fingerprint density at radius 1 is 1.34 bits per heavy atom. The fourth-order valence-corrected chi connectivity index (χ4v) is 5.38. The molecule has 29 heavy (non-hydrogen) atoms. The molecule has 1 aromatic carbocycles. The number of carbonyl (C=O) groups is 2. The molecule has 0 radical (unpaired) electrons. The minimum absolute atomic E-state index is 0.00328. The molecule has 3 rings (SSSR count). The monoisotopic (exact) mass is 416 g/mol. The van der Waals surface area contributed by atoms with Gasteiger partial charge in [0, 0.05) is 23.2 Å². The van der Waals surface area contributed by atoms with Crippen LogP contribution in [-0.2, 0) is 14.8 Å². The lowest BCUT2D eigenvalue weighted by molar-refractivity contribution is -0.129. The van der Waals surface area contributed by atoms with Crippen LogP contribution in [-0.4, -0.2) is 53.5 Å². The predicted octanol–water partition coefficient (Wildman–Crippen LogP) is 1.72. The first-order valence-corrected chi connectivity index (χ1v) is 11.1. The van der Waals surface area contributed by atoms with Crippen molar-refractivity contribution in [1.29, 1.82) is 5.26 Å². The molecule has 1 fully saturated rings. The van der Waals surface area contributed by atoms with Crippen LogP contribution < -0.4 is 5.32 Å². The summed E-state index contributed by atoms with van der Waals surface area (Å²) in [6, 6.07) is 7.60. The molecule has 1 N–H and O–H groups in total. The SMILES string of the molecule is CC(C)CS(=O)(=O)n1ccc2cc(C(=O)NC3CC(C)N(CC#N)C3=O)ccc21. The van der Waals surface area contributed by atoms with Gasteiger partial charge in [-0.3, -0.25) is 9.59 Å². The van der Waals surface area contributed by atoms with Crippen LogP contribution >= 0.6 is 0 Å². The van der Waals surface area contributed by atoms with Crippen LogP contribution in [0, 0.1) is 17.2 Å². The van der Waals surface area contributed by atoms with Crippen LogP contribution in [0.4, 0.5) is 0 Å². The highest BCUT2D eigenvalue weighted by atomic mass is 32.2. The Hall–Kier alpha value is -2.86. The molecule has 0 saturated carbocycles. The molecular formula is C20H24N4O4S. The van der Waals surface area contributed by atoms with E-state index in [1.165, 1.54) is 15.1 Å². The summed E-state index contributed by atoms with van der Waals surface area (Å²) in [7, 11) is -3.48. The van der Waals surface area contributed by atoms with Crippen molar-refractivity contribution >= 4 is 32.7 Å². The highest BCUT2D eigenvalue weighted by Crippen LogP contribution is 2.22. The Morgan fingerprint density at radius 3 is 2.72 bits per heavy atom. The van der Waals surface area contributed by atoms with E-state index in [2.05, 4.69) is 5.32 Å². The second-order valence-electron chi connectivity index (χ2n) is 7.79. The fraction of sp³-hybridized carbons (Fsp3) is 0.450.